The van der Waals surface area contributed by atoms with Crippen LogP contribution in [0.2, 0.25) is 0 Å². The van der Waals surface area contributed by atoms with Crippen LogP contribution in [0.3, 0.4) is 0 Å². The van der Waals surface area contributed by atoms with E-state index >= 15 is 0 Å². The third-order valence-corrected chi connectivity index (χ3v) is 3.16. The van der Waals surface area contributed by atoms with Crippen LogP contribution < -0.4 is 0 Å². The predicted molar refractivity (Wildman–Crippen MR) is 63.7 cm³/mol. The Morgan fingerprint density at radius 3 is 2.76 bits per heavy atom. The molecule has 0 unspecified atom stereocenters. The van der Waals surface area contributed by atoms with E-state index in [0.717, 1.165) is 0 Å². The van der Waals surface area contributed by atoms with Crippen molar-refractivity contribution in [2.24, 2.45) is 0 Å². The second-order valence-electron chi connectivity index (χ2n) is 3.67. The second-order valence-corrected chi connectivity index (χ2v) is 4.64. The maximum atomic E-state index is 11.7. The van der Waals surface area contributed by atoms with Crippen LogP contribution in [-0.2, 0) is 14.3 Å². The van der Waals surface area contributed by atoms with Gasteiger partial charge in [0.2, 0.25) is 5.91 Å². The molecule has 0 aromatic carbocycles. The Labute approximate surface area is 104 Å². The minimum atomic E-state index is -0.668. The second kappa shape index (κ2) is 5.73. The number of amides is 1. The van der Waals surface area contributed by atoms with E-state index in [-0.39, 0.29) is 23.3 Å². The average Bonchev–Trinajstić information content (AvgIpc) is 2.60. The highest BCUT2D eigenvalue weighted by Crippen LogP contribution is 2.31. The molecule has 0 spiro atoms. The number of carbonyl (C=O) groups excluding carboxylic acids is 2. The summed E-state index contributed by atoms with van der Waals surface area (Å²) in [5.74, 6) is -0.487. The summed E-state index contributed by atoms with van der Waals surface area (Å²) in [6.45, 7) is 5.66. The van der Waals surface area contributed by atoms with E-state index in [9.17, 15) is 9.59 Å². The molecular weight excluding hydrogens is 240 g/mol. The molecule has 1 aliphatic rings. The van der Waals surface area contributed by atoms with Gasteiger partial charge >= 0.3 is 5.97 Å². The maximum absolute atomic E-state index is 11.7. The van der Waals surface area contributed by atoms with E-state index in [1.165, 1.54) is 16.7 Å². The molecular formula is C11H14N2O3S. The van der Waals surface area contributed by atoms with Crippen molar-refractivity contribution in [2.75, 3.05) is 12.3 Å². The standard InChI is InChI=1S/C11H14N2O3S/c1-4-13-9(14)6-17-10(13)8(5-12)11(15)16-7(2)3/h7H,4,6H2,1-3H3. The summed E-state index contributed by atoms with van der Waals surface area (Å²) >= 11 is 1.20. The molecule has 1 fully saturated rings. The van der Waals surface area contributed by atoms with Crippen molar-refractivity contribution in [2.45, 2.75) is 26.9 Å². The zero-order chi connectivity index (χ0) is 13.0. The van der Waals surface area contributed by atoms with Gasteiger partial charge in [0.25, 0.3) is 0 Å². The van der Waals surface area contributed by atoms with E-state index < -0.39 is 5.97 Å². The summed E-state index contributed by atoms with van der Waals surface area (Å²) in [6.07, 6.45) is -0.288. The van der Waals surface area contributed by atoms with Gasteiger partial charge in [-0.2, -0.15) is 5.26 Å². The van der Waals surface area contributed by atoms with Crippen LogP contribution >= 0.6 is 11.8 Å². The average molecular weight is 254 g/mol. The minimum absolute atomic E-state index is 0.0856. The fraction of sp³-hybridized carbons (Fsp3) is 0.545. The molecule has 1 amide bonds. The highest BCUT2D eigenvalue weighted by atomic mass is 32.2. The highest BCUT2D eigenvalue weighted by Gasteiger charge is 2.31. The van der Waals surface area contributed by atoms with Gasteiger partial charge in [0.1, 0.15) is 11.1 Å². The lowest BCUT2D eigenvalue weighted by molar-refractivity contribution is -0.142. The first-order valence-corrected chi connectivity index (χ1v) is 6.28. The number of carbonyl (C=O) groups is 2. The molecule has 1 rings (SSSR count). The van der Waals surface area contributed by atoms with E-state index in [2.05, 4.69) is 0 Å². The highest BCUT2D eigenvalue weighted by molar-refractivity contribution is 8.04. The number of hydrogen-bond donors (Lipinski definition) is 0. The van der Waals surface area contributed by atoms with E-state index in [4.69, 9.17) is 10.00 Å². The Morgan fingerprint density at radius 1 is 1.65 bits per heavy atom. The van der Waals surface area contributed by atoms with Crippen LogP contribution in [-0.4, -0.2) is 35.2 Å². The van der Waals surface area contributed by atoms with Gasteiger partial charge in [-0.05, 0) is 20.8 Å². The molecule has 1 saturated heterocycles. The van der Waals surface area contributed by atoms with Gasteiger partial charge in [0.05, 0.1) is 11.9 Å². The van der Waals surface area contributed by atoms with Crippen molar-refractivity contribution in [1.82, 2.24) is 4.90 Å². The Bertz CT molecular complexity index is 409. The van der Waals surface area contributed by atoms with Crippen LogP contribution in [0.4, 0.5) is 0 Å². The quantitative estimate of drug-likeness (QED) is 0.431. The fourth-order valence-electron chi connectivity index (χ4n) is 1.38. The topological polar surface area (TPSA) is 70.4 Å². The number of hydrogen-bond acceptors (Lipinski definition) is 5. The third-order valence-electron chi connectivity index (χ3n) is 2.07. The number of nitrogens with zero attached hydrogens (tertiary/aromatic N) is 2. The van der Waals surface area contributed by atoms with Crippen LogP contribution in [0, 0.1) is 11.3 Å². The number of esters is 1. The van der Waals surface area contributed by atoms with Crippen LogP contribution in [0.15, 0.2) is 10.6 Å². The first-order valence-electron chi connectivity index (χ1n) is 5.29. The number of ether oxygens (including phenoxy) is 1. The lowest BCUT2D eigenvalue weighted by atomic mass is 10.3. The van der Waals surface area contributed by atoms with Gasteiger partial charge < -0.3 is 9.64 Å². The largest absolute Gasteiger partial charge is 0.459 e. The zero-order valence-corrected chi connectivity index (χ0v) is 10.8. The lowest BCUT2D eigenvalue weighted by Crippen LogP contribution is -2.26. The number of thioether (sulfide) groups is 1. The van der Waals surface area contributed by atoms with Crippen molar-refractivity contribution in [3.05, 3.63) is 10.6 Å². The van der Waals surface area contributed by atoms with Crippen molar-refractivity contribution in [3.8, 4) is 6.07 Å². The molecule has 0 aromatic heterocycles. The molecule has 0 N–H and O–H groups in total. The molecule has 0 radical (unpaired) electrons. The molecule has 0 atom stereocenters. The van der Waals surface area contributed by atoms with Crippen LogP contribution in [0.25, 0.3) is 0 Å². The van der Waals surface area contributed by atoms with Crippen LogP contribution in [0.1, 0.15) is 20.8 Å². The SMILES string of the molecule is CCN1C(=O)CSC1=C(C#N)C(=O)OC(C)C. The van der Waals surface area contributed by atoms with E-state index in [1.54, 1.807) is 20.8 Å². The molecule has 17 heavy (non-hydrogen) atoms. The van der Waals surface area contributed by atoms with Gasteiger partial charge in [-0.25, -0.2) is 4.79 Å². The smallest absolute Gasteiger partial charge is 0.351 e. The lowest BCUT2D eigenvalue weighted by Gasteiger charge is -2.15. The molecule has 0 aliphatic carbocycles. The Hall–Kier alpha value is -1.48. The molecule has 0 saturated carbocycles. The van der Waals surface area contributed by atoms with Gasteiger partial charge in [-0.1, -0.05) is 11.8 Å². The van der Waals surface area contributed by atoms with Crippen molar-refractivity contribution < 1.29 is 14.3 Å². The molecule has 6 heteroatoms. The van der Waals surface area contributed by atoms with Gasteiger partial charge in [0, 0.05) is 6.54 Å². The van der Waals surface area contributed by atoms with Crippen molar-refractivity contribution >= 4 is 23.6 Å². The molecule has 0 aromatic rings. The summed E-state index contributed by atoms with van der Waals surface area (Å²) in [4.78, 5) is 24.6. The van der Waals surface area contributed by atoms with Crippen LogP contribution in [0.5, 0.6) is 0 Å². The molecule has 92 valence electrons. The normalized spacial score (nSPS) is 18.3. The fourth-order valence-corrected chi connectivity index (χ4v) is 2.46. The number of rotatable bonds is 3. The summed E-state index contributed by atoms with van der Waals surface area (Å²) in [5.41, 5.74) is -0.0867. The predicted octanol–water partition coefficient (Wildman–Crippen LogP) is 1.27. The Kier molecular flexibility index (Phi) is 4.58. The third kappa shape index (κ3) is 3.01. The number of nitriles is 1. The summed E-state index contributed by atoms with van der Waals surface area (Å²) in [6, 6.07) is 1.82. The van der Waals surface area contributed by atoms with E-state index in [0.29, 0.717) is 11.6 Å². The first kappa shape index (κ1) is 13.6. The van der Waals surface area contributed by atoms with Crippen molar-refractivity contribution in [3.63, 3.8) is 0 Å². The van der Waals surface area contributed by atoms with E-state index in [1.807, 2.05) is 6.07 Å². The van der Waals surface area contributed by atoms with Gasteiger partial charge in [0.15, 0.2) is 5.57 Å². The van der Waals surface area contributed by atoms with Crippen molar-refractivity contribution in [1.29, 1.82) is 5.26 Å². The Morgan fingerprint density at radius 2 is 2.29 bits per heavy atom. The molecule has 0 bridgehead atoms. The van der Waals surface area contributed by atoms with Gasteiger partial charge in [-0.15, -0.1) is 0 Å². The Balaban J connectivity index is 3.03. The first-order chi connectivity index (χ1) is 8.01. The summed E-state index contributed by atoms with van der Waals surface area (Å²) in [7, 11) is 0. The monoisotopic (exact) mass is 254 g/mol. The van der Waals surface area contributed by atoms with Gasteiger partial charge in [-0.3, -0.25) is 4.79 Å². The summed E-state index contributed by atoms with van der Waals surface area (Å²) < 4.78 is 4.97. The maximum Gasteiger partial charge on any atom is 0.351 e. The zero-order valence-electron chi connectivity index (χ0n) is 10.0. The molecule has 5 nitrogen and oxygen atoms in total. The minimum Gasteiger partial charge on any atom is -0.459 e. The molecule has 1 aliphatic heterocycles. The molecule has 1 heterocycles. The summed E-state index contributed by atoms with van der Waals surface area (Å²) in [5, 5.41) is 9.42.